The van der Waals surface area contributed by atoms with Crippen LogP contribution >= 0.6 is 0 Å². The van der Waals surface area contributed by atoms with Gasteiger partial charge in [-0.1, -0.05) is 0 Å². The van der Waals surface area contributed by atoms with Crippen molar-refractivity contribution in [3.8, 4) is 11.5 Å². The number of rotatable bonds is 4. The van der Waals surface area contributed by atoms with Crippen molar-refractivity contribution in [3.05, 3.63) is 17.7 Å². The Kier molecular flexibility index (Phi) is 3.71. The minimum Gasteiger partial charge on any atom is -0.493 e. The van der Waals surface area contributed by atoms with Crippen LogP contribution in [0.15, 0.2) is 12.1 Å². The van der Waals surface area contributed by atoms with Crippen LogP contribution in [-0.4, -0.2) is 37.7 Å². The highest BCUT2D eigenvalue weighted by Gasteiger charge is 2.24. The van der Waals surface area contributed by atoms with Gasteiger partial charge in [-0.25, -0.2) is 0 Å². The number of aldehydes is 1. The Morgan fingerprint density at radius 1 is 1.27 bits per heavy atom. The maximum absolute atomic E-state index is 10.7. The van der Waals surface area contributed by atoms with E-state index in [-0.39, 0.29) is 16.8 Å². The molecule has 0 saturated carbocycles. The van der Waals surface area contributed by atoms with E-state index in [9.17, 15) is 4.79 Å². The lowest BCUT2D eigenvalue weighted by Gasteiger charge is -2.13. The third-order valence-electron chi connectivity index (χ3n) is 2.00. The van der Waals surface area contributed by atoms with Crippen molar-refractivity contribution < 1.29 is 24.3 Å². The molecule has 0 bridgehead atoms. The van der Waals surface area contributed by atoms with Crippen molar-refractivity contribution in [2.24, 2.45) is 0 Å². The average Bonchev–Trinajstić information content (AvgIpc) is 2.26. The molecule has 0 unspecified atom stereocenters. The second-order valence-corrected chi connectivity index (χ2v) is 2.80. The molecule has 0 radical (unpaired) electrons. The first kappa shape index (κ1) is 11.5. The van der Waals surface area contributed by atoms with E-state index in [4.69, 9.17) is 19.5 Å². The van der Waals surface area contributed by atoms with E-state index in [1.165, 1.54) is 26.4 Å². The van der Waals surface area contributed by atoms with Crippen molar-refractivity contribution in [3.63, 3.8) is 0 Å². The number of hydrogen-bond donors (Lipinski definition) is 2. The fourth-order valence-corrected chi connectivity index (χ4v) is 1.34. The highest BCUT2D eigenvalue weighted by Crippen LogP contribution is 2.25. The third kappa shape index (κ3) is 2.11. The van der Waals surface area contributed by atoms with E-state index in [1.54, 1.807) is 0 Å². The summed E-state index contributed by atoms with van der Waals surface area (Å²) in [6, 6.07) is 2.96. The van der Waals surface area contributed by atoms with Crippen LogP contribution in [0.3, 0.4) is 0 Å². The molecule has 0 spiro atoms. The first-order valence-electron chi connectivity index (χ1n) is 4.21. The lowest BCUT2D eigenvalue weighted by molar-refractivity contribution is 0.112. The first-order valence-corrected chi connectivity index (χ1v) is 4.21. The topological polar surface area (TPSA) is 76.0 Å². The van der Waals surface area contributed by atoms with Gasteiger partial charge in [0.2, 0.25) is 0 Å². The Balaban J connectivity index is 3.44. The summed E-state index contributed by atoms with van der Waals surface area (Å²) in [5.74, 6) is 0.489. The molecule has 2 N–H and O–H groups in total. The number of carbonyl (C=O) groups is 1. The predicted molar refractivity (Wildman–Crippen MR) is 54.8 cm³/mol. The van der Waals surface area contributed by atoms with Gasteiger partial charge in [0.25, 0.3) is 0 Å². The van der Waals surface area contributed by atoms with Gasteiger partial charge in [-0.15, -0.1) is 0 Å². The summed E-state index contributed by atoms with van der Waals surface area (Å²) in [5, 5.41) is 18.3. The molecule has 0 aliphatic carbocycles. The van der Waals surface area contributed by atoms with E-state index < -0.39 is 7.12 Å². The van der Waals surface area contributed by atoms with E-state index in [0.29, 0.717) is 12.0 Å². The van der Waals surface area contributed by atoms with Gasteiger partial charge >= 0.3 is 7.12 Å². The Hall–Kier alpha value is -1.53. The summed E-state index contributed by atoms with van der Waals surface area (Å²) in [5.41, 5.74) is 0.162. The summed E-state index contributed by atoms with van der Waals surface area (Å²) in [6.07, 6.45) is 0.525. The highest BCUT2D eigenvalue weighted by atomic mass is 16.5. The normalized spacial score (nSPS) is 9.60. The van der Waals surface area contributed by atoms with Gasteiger partial charge in [-0.05, 0) is 12.1 Å². The Morgan fingerprint density at radius 2 is 1.93 bits per heavy atom. The van der Waals surface area contributed by atoms with Gasteiger partial charge < -0.3 is 19.5 Å². The molecule has 1 rings (SSSR count). The van der Waals surface area contributed by atoms with Gasteiger partial charge in [-0.3, -0.25) is 4.79 Å². The molecule has 0 atom stereocenters. The second-order valence-electron chi connectivity index (χ2n) is 2.80. The zero-order valence-corrected chi connectivity index (χ0v) is 8.43. The molecule has 0 aliphatic heterocycles. The SMILES string of the molecule is COc1ccc(C=O)c(B(O)O)c1OC. The van der Waals surface area contributed by atoms with E-state index in [2.05, 4.69) is 0 Å². The van der Waals surface area contributed by atoms with Crippen molar-refractivity contribution >= 4 is 18.9 Å². The van der Waals surface area contributed by atoms with Crippen LogP contribution in [0.5, 0.6) is 11.5 Å². The zero-order valence-electron chi connectivity index (χ0n) is 8.43. The largest absolute Gasteiger partial charge is 0.493 e. The van der Waals surface area contributed by atoms with Crippen LogP contribution < -0.4 is 14.9 Å². The quantitative estimate of drug-likeness (QED) is 0.502. The van der Waals surface area contributed by atoms with Crippen molar-refractivity contribution in [1.29, 1.82) is 0 Å². The van der Waals surface area contributed by atoms with Crippen LogP contribution in [-0.2, 0) is 0 Å². The average molecular weight is 210 g/mol. The molecule has 1 aromatic rings. The molecule has 0 aromatic heterocycles. The molecule has 0 saturated heterocycles. The van der Waals surface area contributed by atoms with E-state index >= 15 is 0 Å². The molecule has 80 valence electrons. The van der Waals surface area contributed by atoms with Crippen LogP contribution in [0.4, 0.5) is 0 Å². The van der Waals surface area contributed by atoms with Crippen LogP contribution in [0.2, 0.25) is 0 Å². The molecule has 15 heavy (non-hydrogen) atoms. The lowest BCUT2D eigenvalue weighted by atomic mass is 9.76. The molecular formula is C9H11BO5. The zero-order chi connectivity index (χ0) is 11.4. The van der Waals surface area contributed by atoms with Gasteiger partial charge in [0.05, 0.1) is 14.2 Å². The van der Waals surface area contributed by atoms with Crippen LogP contribution in [0.25, 0.3) is 0 Å². The molecular weight excluding hydrogens is 199 g/mol. The standard InChI is InChI=1S/C9H11BO5/c1-14-7-4-3-6(5-11)8(10(12)13)9(7)15-2/h3-5,12-13H,1-2H3. The third-order valence-corrected chi connectivity index (χ3v) is 2.00. The lowest BCUT2D eigenvalue weighted by Crippen LogP contribution is -2.34. The van der Waals surface area contributed by atoms with Crippen LogP contribution in [0, 0.1) is 0 Å². The maximum Gasteiger partial charge on any atom is 0.493 e. The Morgan fingerprint density at radius 3 is 2.33 bits per heavy atom. The molecule has 6 heteroatoms. The summed E-state index contributed by atoms with van der Waals surface area (Å²) in [4.78, 5) is 10.7. The van der Waals surface area contributed by atoms with Crippen molar-refractivity contribution in [1.82, 2.24) is 0 Å². The minimum atomic E-state index is -1.78. The molecule has 1 aromatic carbocycles. The predicted octanol–water partition coefficient (Wildman–Crippen LogP) is -0.804. The summed E-state index contributed by atoms with van der Waals surface area (Å²) in [6.45, 7) is 0. The molecule has 0 aliphatic rings. The molecule has 0 heterocycles. The fraction of sp³-hybridized carbons (Fsp3) is 0.222. The smallest absolute Gasteiger partial charge is 0.493 e. The summed E-state index contributed by atoms with van der Waals surface area (Å²) in [7, 11) is 1.000. The first-order chi connectivity index (χ1) is 7.15. The number of benzene rings is 1. The van der Waals surface area contributed by atoms with E-state index in [0.717, 1.165) is 0 Å². The highest BCUT2D eigenvalue weighted by molar-refractivity contribution is 6.61. The van der Waals surface area contributed by atoms with Crippen molar-refractivity contribution in [2.75, 3.05) is 14.2 Å². The monoisotopic (exact) mass is 210 g/mol. The number of hydrogen-bond acceptors (Lipinski definition) is 5. The van der Waals surface area contributed by atoms with Crippen LogP contribution in [0.1, 0.15) is 10.4 Å². The van der Waals surface area contributed by atoms with Gasteiger partial charge in [0.1, 0.15) is 6.29 Å². The van der Waals surface area contributed by atoms with Gasteiger partial charge in [0, 0.05) is 11.0 Å². The van der Waals surface area contributed by atoms with Gasteiger partial charge in [-0.2, -0.15) is 0 Å². The number of methoxy groups -OCH3 is 2. The second kappa shape index (κ2) is 4.81. The Bertz CT molecular complexity index is 364. The number of ether oxygens (including phenoxy) is 2. The maximum atomic E-state index is 10.7. The molecule has 0 amide bonds. The molecule has 0 fully saturated rings. The molecule has 5 nitrogen and oxygen atoms in total. The van der Waals surface area contributed by atoms with Gasteiger partial charge in [0.15, 0.2) is 11.5 Å². The fourth-order valence-electron chi connectivity index (χ4n) is 1.34. The van der Waals surface area contributed by atoms with E-state index in [1.807, 2.05) is 0 Å². The summed E-state index contributed by atoms with van der Waals surface area (Å²) < 4.78 is 9.93. The minimum absolute atomic E-state index is 0.00634. The van der Waals surface area contributed by atoms with Crippen molar-refractivity contribution in [2.45, 2.75) is 0 Å². The Labute approximate surface area is 87.4 Å². The number of carbonyl (C=O) groups excluding carboxylic acids is 1. The summed E-state index contributed by atoms with van der Waals surface area (Å²) >= 11 is 0.